The van der Waals surface area contributed by atoms with Crippen molar-refractivity contribution in [3.63, 3.8) is 0 Å². The Morgan fingerprint density at radius 3 is 2.92 bits per heavy atom. The number of ether oxygens (including phenoxy) is 1. The Morgan fingerprint density at radius 2 is 2.20 bits per heavy atom. The molecule has 2 heterocycles. The van der Waals surface area contributed by atoms with Gasteiger partial charge in [0, 0.05) is 18.2 Å². The summed E-state index contributed by atoms with van der Waals surface area (Å²) < 4.78 is 7.36. The number of amides is 2. The molecular formula is C18H23ClN4O2. The lowest BCUT2D eigenvalue weighted by Crippen LogP contribution is -2.35. The van der Waals surface area contributed by atoms with Crippen molar-refractivity contribution in [1.82, 2.24) is 15.1 Å². The quantitative estimate of drug-likeness (QED) is 0.855. The van der Waals surface area contributed by atoms with Crippen molar-refractivity contribution in [3.8, 4) is 0 Å². The van der Waals surface area contributed by atoms with Gasteiger partial charge in [-0.3, -0.25) is 4.68 Å². The van der Waals surface area contributed by atoms with Crippen molar-refractivity contribution < 1.29 is 9.53 Å². The molecule has 0 aliphatic carbocycles. The number of urea groups is 1. The van der Waals surface area contributed by atoms with Gasteiger partial charge in [-0.05, 0) is 38.3 Å². The lowest BCUT2D eigenvalue weighted by molar-refractivity contribution is 0.112. The Balaban J connectivity index is 1.65. The van der Waals surface area contributed by atoms with Crippen molar-refractivity contribution in [3.05, 3.63) is 46.2 Å². The highest BCUT2D eigenvalue weighted by molar-refractivity contribution is 6.31. The van der Waals surface area contributed by atoms with Gasteiger partial charge in [0.1, 0.15) is 0 Å². The zero-order chi connectivity index (χ0) is 17.8. The van der Waals surface area contributed by atoms with Crippen LogP contribution in [-0.4, -0.2) is 35.1 Å². The second-order valence-corrected chi connectivity index (χ2v) is 6.67. The molecule has 2 N–H and O–H groups in total. The molecule has 2 amide bonds. The molecule has 1 saturated heterocycles. The highest BCUT2D eigenvalue weighted by Crippen LogP contribution is 2.22. The van der Waals surface area contributed by atoms with Crippen LogP contribution in [0.2, 0.25) is 5.02 Å². The summed E-state index contributed by atoms with van der Waals surface area (Å²) in [5, 5.41) is 11.0. The van der Waals surface area contributed by atoms with Crippen molar-refractivity contribution >= 4 is 23.3 Å². The minimum Gasteiger partial charge on any atom is -0.376 e. The third-order valence-electron chi connectivity index (χ3n) is 4.41. The number of aryl methyl sites for hydroxylation is 1. The molecule has 2 aromatic rings. The van der Waals surface area contributed by atoms with Crippen molar-refractivity contribution in [2.75, 3.05) is 18.5 Å². The summed E-state index contributed by atoms with van der Waals surface area (Å²) >= 11 is 6.23. The molecule has 0 bridgehead atoms. The molecule has 25 heavy (non-hydrogen) atoms. The Hall–Kier alpha value is -2.05. The van der Waals surface area contributed by atoms with Gasteiger partial charge in [0.25, 0.3) is 0 Å². The molecule has 1 aromatic carbocycles. The van der Waals surface area contributed by atoms with Gasteiger partial charge in [0.05, 0.1) is 29.7 Å². The first kappa shape index (κ1) is 17.8. The topological polar surface area (TPSA) is 68.2 Å². The highest BCUT2D eigenvalue weighted by Gasteiger charge is 2.18. The largest absolute Gasteiger partial charge is 0.376 e. The maximum absolute atomic E-state index is 12.2. The Labute approximate surface area is 152 Å². The van der Waals surface area contributed by atoms with E-state index in [1.165, 1.54) is 0 Å². The fraction of sp³-hybridized carbons (Fsp3) is 0.444. The summed E-state index contributed by atoms with van der Waals surface area (Å²) in [4.78, 5) is 12.2. The summed E-state index contributed by atoms with van der Waals surface area (Å²) in [6.07, 6.45) is 2.17. The number of hydrogen-bond donors (Lipinski definition) is 2. The molecule has 1 aliphatic heterocycles. The molecule has 1 aromatic heterocycles. The smallest absolute Gasteiger partial charge is 0.319 e. The average molecular weight is 363 g/mol. The van der Waals surface area contributed by atoms with Crippen LogP contribution in [0.4, 0.5) is 10.5 Å². The van der Waals surface area contributed by atoms with E-state index in [0.717, 1.165) is 42.1 Å². The molecule has 1 aliphatic rings. The van der Waals surface area contributed by atoms with Crippen LogP contribution < -0.4 is 10.6 Å². The molecular weight excluding hydrogens is 340 g/mol. The number of benzene rings is 1. The van der Waals surface area contributed by atoms with Gasteiger partial charge < -0.3 is 15.4 Å². The molecule has 134 valence electrons. The SMILES string of the molecule is Cc1nn(Cc2ccccc2Cl)c(C)c1NC(=O)NC[C@@H]1CCCO1. The number of carbonyl (C=O) groups excluding carboxylic acids is 1. The van der Waals surface area contributed by atoms with Crippen LogP contribution in [0.15, 0.2) is 24.3 Å². The van der Waals surface area contributed by atoms with Crippen LogP contribution in [0.3, 0.4) is 0 Å². The number of anilines is 1. The summed E-state index contributed by atoms with van der Waals surface area (Å²) in [5.41, 5.74) is 3.39. The first-order valence-corrected chi connectivity index (χ1v) is 8.86. The first-order valence-electron chi connectivity index (χ1n) is 8.48. The molecule has 7 heteroatoms. The van der Waals surface area contributed by atoms with Crippen molar-refractivity contribution in [2.45, 2.75) is 39.3 Å². The van der Waals surface area contributed by atoms with Gasteiger partial charge in [0.2, 0.25) is 0 Å². The fourth-order valence-electron chi connectivity index (χ4n) is 2.99. The zero-order valence-corrected chi connectivity index (χ0v) is 15.3. The van der Waals surface area contributed by atoms with E-state index in [1.807, 2.05) is 42.8 Å². The first-order chi connectivity index (χ1) is 12.0. The molecule has 6 nitrogen and oxygen atoms in total. The number of carbonyl (C=O) groups is 1. The molecule has 1 fully saturated rings. The van der Waals surface area contributed by atoms with Crippen LogP contribution in [0.25, 0.3) is 0 Å². The summed E-state index contributed by atoms with van der Waals surface area (Å²) in [6.45, 7) is 5.68. The van der Waals surface area contributed by atoms with Crippen LogP contribution in [0.1, 0.15) is 29.8 Å². The maximum Gasteiger partial charge on any atom is 0.319 e. The average Bonchev–Trinajstić information content (AvgIpc) is 3.19. The molecule has 1 atom stereocenters. The number of rotatable bonds is 5. The Kier molecular flexibility index (Phi) is 5.60. The van der Waals surface area contributed by atoms with E-state index in [2.05, 4.69) is 15.7 Å². The molecule has 0 unspecified atom stereocenters. The van der Waals surface area contributed by atoms with Gasteiger partial charge in [0.15, 0.2) is 0 Å². The summed E-state index contributed by atoms with van der Waals surface area (Å²) in [7, 11) is 0. The third kappa shape index (κ3) is 4.32. The minimum atomic E-state index is -0.237. The lowest BCUT2D eigenvalue weighted by Gasteiger charge is -2.12. The van der Waals surface area contributed by atoms with E-state index in [0.29, 0.717) is 18.1 Å². The molecule has 0 spiro atoms. The minimum absolute atomic E-state index is 0.121. The number of nitrogens with one attached hydrogen (secondary N) is 2. The van der Waals surface area contributed by atoms with Gasteiger partial charge in [-0.1, -0.05) is 29.8 Å². The standard InChI is InChI=1S/C18H23ClN4O2/c1-12-17(21-18(24)20-10-15-7-5-9-25-15)13(2)23(22-12)11-14-6-3-4-8-16(14)19/h3-4,6,8,15H,5,7,9-11H2,1-2H3,(H2,20,21,24)/t15-/m0/s1. The number of halogens is 1. The Bertz CT molecular complexity index is 754. The third-order valence-corrected chi connectivity index (χ3v) is 4.78. The second-order valence-electron chi connectivity index (χ2n) is 6.26. The van der Waals surface area contributed by atoms with Gasteiger partial charge in [-0.25, -0.2) is 4.79 Å². The van der Waals surface area contributed by atoms with E-state index >= 15 is 0 Å². The molecule has 0 saturated carbocycles. The fourth-order valence-corrected chi connectivity index (χ4v) is 3.18. The van der Waals surface area contributed by atoms with E-state index in [4.69, 9.17) is 16.3 Å². The number of nitrogens with zero attached hydrogens (tertiary/aromatic N) is 2. The normalized spacial score (nSPS) is 16.8. The van der Waals surface area contributed by atoms with Crippen molar-refractivity contribution in [1.29, 1.82) is 0 Å². The van der Waals surface area contributed by atoms with Gasteiger partial charge >= 0.3 is 6.03 Å². The zero-order valence-electron chi connectivity index (χ0n) is 14.5. The van der Waals surface area contributed by atoms with E-state index < -0.39 is 0 Å². The van der Waals surface area contributed by atoms with E-state index in [9.17, 15) is 4.79 Å². The monoisotopic (exact) mass is 362 g/mol. The van der Waals surface area contributed by atoms with E-state index in [-0.39, 0.29) is 12.1 Å². The van der Waals surface area contributed by atoms with Crippen molar-refractivity contribution in [2.24, 2.45) is 0 Å². The second kappa shape index (κ2) is 7.89. The Morgan fingerprint density at radius 1 is 1.40 bits per heavy atom. The predicted molar refractivity (Wildman–Crippen MR) is 98.3 cm³/mol. The highest BCUT2D eigenvalue weighted by atomic mass is 35.5. The van der Waals surface area contributed by atoms with Crippen LogP contribution in [-0.2, 0) is 11.3 Å². The van der Waals surface area contributed by atoms with Gasteiger partial charge in [-0.15, -0.1) is 0 Å². The number of aromatic nitrogens is 2. The van der Waals surface area contributed by atoms with Crippen LogP contribution >= 0.6 is 11.6 Å². The van der Waals surface area contributed by atoms with E-state index in [1.54, 1.807) is 0 Å². The predicted octanol–water partition coefficient (Wildman–Crippen LogP) is 3.50. The summed E-state index contributed by atoms with van der Waals surface area (Å²) in [6, 6.07) is 7.45. The number of hydrogen-bond acceptors (Lipinski definition) is 3. The van der Waals surface area contributed by atoms with Crippen LogP contribution in [0, 0.1) is 13.8 Å². The maximum atomic E-state index is 12.2. The summed E-state index contributed by atoms with van der Waals surface area (Å²) in [5.74, 6) is 0. The van der Waals surface area contributed by atoms with Gasteiger partial charge in [-0.2, -0.15) is 5.10 Å². The molecule has 0 radical (unpaired) electrons. The lowest BCUT2D eigenvalue weighted by atomic mass is 10.2. The van der Waals surface area contributed by atoms with Crippen LogP contribution in [0.5, 0.6) is 0 Å². The molecule has 3 rings (SSSR count).